The van der Waals surface area contributed by atoms with Crippen LogP contribution in [0.5, 0.6) is 0 Å². The van der Waals surface area contributed by atoms with Crippen molar-refractivity contribution >= 4 is 17.3 Å². The Morgan fingerprint density at radius 2 is 1.84 bits per heavy atom. The maximum Gasteiger partial charge on any atom is 0.352 e. The molecule has 0 aliphatic carbocycles. The maximum absolute atomic E-state index is 13.4. The van der Waals surface area contributed by atoms with Crippen molar-refractivity contribution < 1.29 is 13.3 Å². The summed E-state index contributed by atoms with van der Waals surface area (Å²) in [7, 11) is 0. The van der Waals surface area contributed by atoms with Crippen molar-refractivity contribution in [2.24, 2.45) is 0 Å². The summed E-state index contributed by atoms with van der Waals surface area (Å²) in [5.41, 5.74) is 0.646. The second-order valence-electron chi connectivity index (χ2n) is 6.58. The maximum atomic E-state index is 13.4. The Kier molecular flexibility index (Phi) is 4.47. The van der Waals surface area contributed by atoms with Crippen LogP contribution in [0.2, 0.25) is 0 Å². The van der Waals surface area contributed by atoms with E-state index in [0.717, 1.165) is 4.68 Å². The Morgan fingerprint density at radius 1 is 1.00 bits per heavy atom. The lowest BCUT2D eigenvalue weighted by Gasteiger charge is -2.04. The van der Waals surface area contributed by atoms with Crippen molar-refractivity contribution in [3.63, 3.8) is 0 Å². The average molecular weight is 421 g/mol. The molecule has 0 aliphatic heterocycles. The third-order valence-corrected chi connectivity index (χ3v) is 4.41. The Labute approximate surface area is 172 Å². The smallest absolute Gasteiger partial charge is 0.340 e. The molecule has 0 atom stereocenters. The highest BCUT2D eigenvalue weighted by molar-refractivity contribution is 5.57. The Bertz CT molecular complexity index is 1440. The normalized spacial score (nSPS) is 11.2. The molecule has 3 heterocycles. The second kappa shape index (κ2) is 7.44. The van der Waals surface area contributed by atoms with Gasteiger partial charge >= 0.3 is 5.69 Å². The monoisotopic (exact) mass is 421 g/mol. The molecule has 0 saturated carbocycles. The molecule has 0 unspecified atom stereocenters. The van der Waals surface area contributed by atoms with E-state index in [1.165, 1.54) is 40.9 Å². The predicted octanol–water partition coefficient (Wildman–Crippen LogP) is 3.01. The zero-order valence-corrected chi connectivity index (χ0v) is 15.7. The Hall–Kier alpha value is -4.41. The summed E-state index contributed by atoms with van der Waals surface area (Å²) in [6.45, 7) is -0.0781. The van der Waals surface area contributed by atoms with Gasteiger partial charge in [0.25, 0.3) is 5.78 Å². The van der Waals surface area contributed by atoms with E-state index in [2.05, 4.69) is 25.5 Å². The van der Waals surface area contributed by atoms with E-state index >= 15 is 0 Å². The van der Waals surface area contributed by atoms with Crippen LogP contribution in [0.3, 0.4) is 0 Å². The molecule has 0 amide bonds. The number of benzene rings is 2. The molecule has 3 aromatic heterocycles. The molecule has 5 aromatic rings. The molecular weight excluding hydrogens is 408 g/mol. The van der Waals surface area contributed by atoms with Gasteiger partial charge in [0.2, 0.25) is 11.7 Å². The van der Waals surface area contributed by atoms with Crippen molar-refractivity contribution in [1.29, 1.82) is 0 Å². The number of nitrogens with one attached hydrogen (secondary N) is 1. The number of hydrogen-bond acceptors (Lipinski definition) is 7. The van der Waals surface area contributed by atoms with Crippen LogP contribution >= 0.6 is 0 Å². The van der Waals surface area contributed by atoms with E-state index in [-0.39, 0.29) is 29.9 Å². The Balaban J connectivity index is 1.40. The first-order valence-corrected chi connectivity index (χ1v) is 9.12. The van der Waals surface area contributed by atoms with Gasteiger partial charge in [-0.05, 0) is 42.5 Å². The number of aromatic nitrogens is 6. The predicted molar refractivity (Wildman–Crippen MR) is 106 cm³/mol. The van der Waals surface area contributed by atoms with Crippen LogP contribution in [0.1, 0.15) is 5.89 Å². The highest BCUT2D eigenvalue weighted by atomic mass is 19.1. The minimum atomic E-state index is -0.443. The third-order valence-electron chi connectivity index (χ3n) is 4.41. The molecule has 0 bridgehead atoms. The van der Waals surface area contributed by atoms with Gasteiger partial charge in [0.15, 0.2) is 0 Å². The van der Waals surface area contributed by atoms with Gasteiger partial charge in [0.1, 0.15) is 24.0 Å². The van der Waals surface area contributed by atoms with Crippen molar-refractivity contribution in [2.75, 3.05) is 5.32 Å². The lowest BCUT2D eigenvalue weighted by Crippen LogP contribution is -2.21. The molecule has 11 heteroatoms. The lowest BCUT2D eigenvalue weighted by atomic mass is 10.2. The van der Waals surface area contributed by atoms with Crippen LogP contribution in [0.4, 0.5) is 20.3 Å². The summed E-state index contributed by atoms with van der Waals surface area (Å²) in [5, 5.41) is 11.0. The zero-order chi connectivity index (χ0) is 21.4. The van der Waals surface area contributed by atoms with Crippen LogP contribution < -0.4 is 11.0 Å². The molecule has 0 spiro atoms. The van der Waals surface area contributed by atoms with Crippen molar-refractivity contribution in [1.82, 2.24) is 29.3 Å². The van der Waals surface area contributed by atoms with E-state index < -0.39 is 11.5 Å². The summed E-state index contributed by atoms with van der Waals surface area (Å²) in [6.07, 6.45) is 1.52. The van der Waals surface area contributed by atoms with Crippen molar-refractivity contribution in [2.45, 2.75) is 6.54 Å². The molecule has 0 saturated heterocycles. The summed E-state index contributed by atoms with van der Waals surface area (Å²) in [5.74, 6) is 0.159. The zero-order valence-electron chi connectivity index (χ0n) is 15.7. The minimum Gasteiger partial charge on any atom is -0.340 e. The number of anilines is 2. The number of fused-ring (bicyclic) bond motifs is 1. The van der Waals surface area contributed by atoms with Gasteiger partial charge in [-0.3, -0.25) is 0 Å². The van der Waals surface area contributed by atoms with Gasteiger partial charge in [0.05, 0.1) is 0 Å². The van der Waals surface area contributed by atoms with Gasteiger partial charge in [-0.25, -0.2) is 22.7 Å². The molecule has 31 heavy (non-hydrogen) atoms. The summed E-state index contributed by atoms with van der Waals surface area (Å²) in [4.78, 5) is 21.1. The van der Waals surface area contributed by atoms with Gasteiger partial charge in [-0.15, -0.1) is 5.10 Å². The fourth-order valence-corrected chi connectivity index (χ4v) is 2.95. The number of nitrogens with zero attached hydrogens (tertiary/aromatic N) is 6. The average Bonchev–Trinajstić information content (AvgIpc) is 3.35. The van der Waals surface area contributed by atoms with E-state index in [1.807, 2.05) is 0 Å². The first-order chi connectivity index (χ1) is 15.0. The van der Waals surface area contributed by atoms with E-state index in [4.69, 9.17) is 4.52 Å². The second-order valence-corrected chi connectivity index (χ2v) is 6.58. The standard InChI is InChI=1S/C20H13F2N7O2/c21-13-4-6-15(7-5-13)23-16-8-9-28-19(24-16)26-29(20(28)30)11-17-25-18(27-31-17)12-2-1-3-14(22)10-12/h1-10H,11H2,(H,23,24,26). The van der Waals surface area contributed by atoms with Crippen LogP contribution in [0.15, 0.2) is 70.1 Å². The highest BCUT2D eigenvalue weighted by Gasteiger charge is 2.14. The molecule has 5 rings (SSSR count). The van der Waals surface area contributed by atoms with Crippen molar-refractivity contribution in [3.8, 4) is 11.4 Å². The molecule has 2 aromatic carbocycles. The fraction of sp³-hybridized carbons (Fsp3) is 0.0500. The SMILES string of the molecule is O=c1n(Cc2nc(-c3cccc(F)c3)no2)nc2nc(Nc3ccc(F)cc3)ccn12. The number of rotatable bonds is 5. The first-order valence-electron chi connectivity index (χ1n) is 9.12. The van der Waals surface area contributed by atoms with E-state index in [9.17, 15) is 13.6 Å². The van der Waals surface area contributed by atoms with Crippen LogP contribution in [-0.4, -0.2) is 29.3 Å². The summed E-state index contributed by atoms with van der Waals surface area (Å²) < 4.78 is 34.0. The molecule has 154 valence electrons. The molecule has 0 radical (unpaired) electrons. The van der Waals surface area contributed by atoms with Gasteiger partial charge in [-0.2, -0.15) is 9.97 Å². The van der Waals surface area contributed by atoms with E-state index in [0.29, 0.717) is 17.1 Å². The topological polar surface area (TPSA) is 103 Å². The lowest BCUT2D eigenvalue weighted by molar-refractivity contribution is 0.364. The molecule has 1 N–H and O–H groups in total. The number of halogens is 2. The van der Waals surface area contributed by atoms with Crippen LogP contribution in [0.25, 0.3) is 17.2 Å². The van der Waals surface area contributed by atoms with E-state index in [1.54, 1.807) is 24.3 Å². The summed E-state index contributed by atoms with van der Waals surface area (Å²) in [6, 6.07) is 13.2. The van der Waals surface area contributed by atoms with Gasteiger partial charge in [0, 0.05) is 17.4 Å². The molecule has 0 fully saturated rings. The summed E-state index contributed by atoms with van der Waals surface area (Å²) >= 11 is 0. The molecule has 9 nitrogen and oxygen atoms in total. The van der Waals surface area contributed by atoms with Gasteiger partial charge in [-0.1, -0.05) is 17.3 Å². The van der Waals surface area contributed by atoms with Gasteiger partial charge < -0.3 is 9.84 Å². The third kappa shape index (κ3) is 3.75. The molecular formula is C20H13F2N7O2. The highest BCUT2D eigenvalue weighted by Crippen LogP contribution is 2.17. The number of hydrogen-bond donors (Lipinski definition) is 1. The first kappa shape index (κ1) is 18.6. The van der Waals surface area contributed by atoms with Crippen LogP contribution in [0, 0.1) is 11.6 Å². The largest absolute Gasteiger partial charge is 0.352 e. The quantitative estimate of drug-likeness (QED) is 0.465. The Morgan fingerprint density at radius 3 is 2.65 bits per heavy atom. The van der Waals surface area contributed by atoms with Crippen LogP contribution in [-0.2, 0) is 6.54 Å². The minimum absolute atomic E-state index is 0.0781. The van der Waals surface area contributed by atoms with Crippen molar-refractivity contribution in [3.05, 3.63) is 88.8 Å². The molecule has 0 aliphatic rings. The fourth-order valence-electron chi connectivity index (χ4n) is 2.95.